The maximum absolute atomic E-state index is 12.5. The third-order valence-corrected chi connectivity index (χ3v) is 5.24. The molecule has 0 spiro atoms. The molecule has 1 aliphatic rings. The Hall–Kier alpha value is -3.56. The van der Waals surface area contributed by atoms with Crippen LogP contribution in [0.1, 0.15) is 22.5 Å². The smallest absolute Gasteiger partial charge is 0.347 e. The summed E-state index contributed by atoms with van der Waals surface area (Å²) in [7, 11) is 0. The van der Waals surface area contributed by atoms with Crippen LogP contribution in [-0.2, 0) is 10.3 Å². The number of nitrogens with one attached hydrogen (secondary N) is 1. The second-order valence-corrected chi connectivity index (χ2v) is 7.55. The summed E-state index contributed by atoms with van der Waals surface area (Å²) in [6.07, 6.45) is -1.57. The van der Waals surface area contributed by atoms with E-state index in [0.717, 1.165) is 5.12 Å². The summed E-state index contributed by atoms with van der Waals surface area (Å²) in [5.74, 6) is -1.29. The average molecular weight is 440 g/mol. The van der Waals surface area contributed by atoms with E-state index in [1.54, 1.807) is 68.4 Å². The molecule has 1 unspecified atom stereocenters. The van der Waals surface area contributed by atoms with Gasteiger partial charge in [-0.15, -0.1) is 4.91 Å². The third kappa shape index (κ3) is 3.58. The summed E-state index contributed by atoms with van der Waals surface area (Å²) in [5, 5.41) is 14.6. The zero-order chi connectivity index (χ0) is 22.2. The Morgan fingerprint density at radius 2 is 1.84 bits per heavy atom. The molecule has 2 aromatic carbocycles. The first kappa shape index (κ1) is 20.7. The number of hydrogen-bond acceptors (Lipinski definition) is 7. The first-order valence-electron chi connectivity index (χ1n) is 9.33. The fourth-order valence-electron chi connectivity index (χ4n) is 3.81. The molecule has 0 aliphatic carbocycles. The van der Waals surface area contributed by atoms with Gasteiger partial charge in [0, 0.05) is 22.0 Å². The van der Waals surface area contributed by atoms with Crippen molar-refractivity contribution in [1.82, 2.24) is 15.4 Å². The van der Waals surface area contributed by atoms with Crippen LogP contribution in [0.2, 0.25) is 5.02 Å². The number of carboxylic acid groups (broad SMARTS) is 1. The van der Waals surface area contributed by atoms with Crippen LogP contribution in [0.25, 0.3) is 0 Å². The molecular weight excluding hydrogens is 422 g/mol. The molecule has 3 aromatic rings. The quantitative estimate of drug-likeness (QED) is 0.560. The zero-order valence-corrected chi connectivity index (χ0v) is 17.4. The number of hydrazine groups is 1. The average Bonchev–Trinajstić information content (AvgIpc) is 3.06. The van der Waals surface area contributed by atoms with Gasteiger partial charge in [-0.05, 0) is 43.7 Å². The van der Waals surface area contributed by atoms with E-state index >= 15 is 0 Å². The van der Waals surface area contributed by atoms with Crippen LogP contribution < -0.4 is 15.3 Å². The zero-order valence-electron chi connectivity index (χ0n) is 16.6. The van der Waals surface area contributed by atoms with E-state index in [-0.39, 0.29) is 6.01 Å². The predicted molar refractivity (Wildman–Crippen MR) is 114 cm³/mol. The largest absolute Gasteiger partial charge is 0.478 e. The predicted octanol–water partition coefficient (Wildman–Crippen LogP) is 3.53. The second-order valence-electron chi connectivity index (χ2n) is 7.11. The van der Waals surface area contributed by atoms with Gasteiger partial charge in [0.1, 0.15) is 5.54 Å². The fraction of sp³-hybridized carbons (Fsp3) is 0.190. The number of ether oxygens (including phenoxy) is 1. The van der Waals surface area contributed by atoms with Crippen molar-refractivity contribution in [3.8, 4) is 6.01 Å². The fourth-order valence-corrected chi connectivity index (χ4v) is 3.98. The molecule has 0 fully saturated rings. The van der Waals surface area contributed by atoms with Gasteiger partial charge >= 0.3 is 12.0 Å². The molecule has 10 heteroatoms. The lowest BCUT2D eigenvalue weighted by Gasteiger charge is -2.35. The van der Waals surface area contributed by atoms with E-state index < -0.39 is 17.6 Å². The highest BCUT2D eigenvalue weighted by Crippen LogP contribution is 2.46. The Morgan fingerprint density at radius 3 is 2.45 bits per heavy atom. The molecule has 0 saturated heterocycles. The van der Waals surface area contributed by atoms with Crippen molar-refractivity contribution < 1.29 is 14.6 Å². The molecule has 0 saturated carbocycles. The standard InChI is InChI=1S/C21H18ClN5O4/c1-12-10-13(2)24-20(23-12)31-18(19(28)29)21(14-6-4-3-5-7-14)16-11-15(22)8-9-17(16)27(25-21)26-30/h3-11,18,25H,1-2H3,(H,28,29)/t18?,21-/m0/s1. The number of aromatic nitrogens is 2. The van der Waals surface area contributed by atoms with Gasteiger partial charge < -0.3 is 9.84 Å². The van der Waals surface area contributed by atoms with Crippen LogP contribution in [0.15, 0.2) is 59.9 Å². The highest BCUT2D eigenvalue weighted by molar-refractivity contribution is 6.30. The van der Waals surface area contributed by atoms with Crippen molar-refractivity contribution in [1.29, 1.82) is 0 Å². The van der Waals surface area contributed by atoms with E-state index in [1.165, 1.54) is 0 Å². The lowest BCUT2D eigenvalue weighted by atomic mass is 9.79. The number of nitroso groups, excluding NO2 is 1. The van der Waals surface area contributed by atoms with E-state index in [4.69, 9.17) is 16.3 Å². The number of nitrogens with zero attached hydrogens (tertiary/aromatic N) is 4. The van der Waals surface area contributed by atoms with Crippen molar-refractivity contribution in [3.05, 3.63) is 87.0 Å². The van der Waals surface area contributed by atoms with Crippen molar-refractivity contribution in [3.63, 3.8) is 0 Å². The molecule has 4 rings (SSSR count). The van der Waals surface area contributed by atoms with Crippen LogP contribution in [-0.4, -0.2) is 27.1 Å². The summed E-state index contributed by atoms with van der Waals surface area (Å²) in [6.45, 7) is 3.51. The first-order chi connectivity index (χ1) is 14.8. The van der Waals surface area contributed by atoms with Crippen molar-refractivity contribution in [2.75, 3.05) is 5.12 Å². The molecule has 1 aliphatic heterocycles. The summed E-state index contributed by atoms with van der Waals surface area (Å²) < 4.78 is 5.87. The number of anilines is 1. The maximum Gasteiger partial charge on any atom is 0.347 e. The minimum atomic E-state index is -1.57. The molecule has 0 bridgehead atoms. The van der Waals surface area contributed by atoms with Gasteiger partial charge in [-0.1, -0.05) is 41.9 Å². The molecule has 0 radical (unpaired) electrons. The highest BCUT2D eigenvalue weighted by Gasteiger charge is 2.55. The lowest BCUT2D eigenvalue weighted by molar-refractivity contribution is -0.149. The lowest BCUT2D eigenvalue weighted by Crippen LogP contribution is -2.58. The number of benzene rings is 2. The topological polar surface area (TPSA) is 117 Å². The molecule has 2 heterocycles. The Kier molecular flexibility index (Phi) is 5.30. The van der Waals surface area contributed by atoms with Gasteiger partial charge in [0.15, 0.2) is 0 Å². The Morgan fingerprint density at radius 1 is 1.16 bits per heavy atom. The molecule has 1 aromatic heterocycles. The summed E-state index contributed by atoms with van der Waals surface area (Å²) >= 11 is 6.25. The Balaban J connectivity index is 1.96. The van der Waals surface area contributed by atoms with Gasteiger partial charge in [0.05, 0.1) is 11.0 Å². The van der Waals surface area contributed by atoms with Gasteiger partial charge in [-0.25, -0.2) is 14.8 Å². The van der Waals surface area contributed by atoms with Crippen molar-refractivity contribution >= 4 is 23.3 Å². The Bertz CT molecular complexity index is 1140. The van der Waals surface area contributed by atoms with E-state index in [2.05, 4.69) is 20.7 Å². The van der Waals surface area contributed by atoms with E-state index in [1.807, 2.05) is 0 Å². The molecular formula is C21H18ClN5O4. The Labute approximate surface area is 182 Å². The number of carbonyl (C=O) groups is 1. The first-order valence-corrected chi connectivity index (χ1v) is 9.71. The van der Waals surface area contributed by atoms with Crippen molar-refractivity contribution in [2.45, 2.75) is 25.5 Å². The van der Waals surface area contributed by atoms with Gasteiger partial charge in [0.25, 0.3) is 0 Å². The van der Waals surface area contributed by atoms with Crippen LogP contribution in [0.5, 0.6) is 6.01 Å². The number of rotatable bonds is 6. The summed E-state index contributed by atoms with van der Waals surface area (Å²) in [6, 6.07) is 15.2. The van der Waals surface area contributed by atoms with Crippen LogP contribution in [0, 0.1) is 18.8 Å². The SMILES string of the molecule is Cc1cc(C)nc(OC(C(=O)O)[C@@]2(c3ccccc3)NN(N=O)c3ccc(Cl)cc32)n1. The van der Waals surface area contributed by atoms with Gasteiger partial charge in [-0.3, -0.25) is 0 Å². The highest BCUT2D eigenvalue weighted by atomic mass is 35.5. The number of aryl methyl sites for hydroxylation is 2. The molecule has 31 heavy (non-hydrogen) atoms. The number of fused-ring (bicyclic) bond motifs is 1. The summed E-state index contributed by atoms with van der Waals surface area (Å²) in [5.41, 5.74) is 3.95. The molecule has 0 amide bonds. The van der Waals surface area contributed by atoms with Crippen LogP contribution in [0.4, 0.5) is 5.69 Å². The molecule has 2 N–H and O–H groups in total. The van der Waals surface area contributed by atoms with E-state index in [9.17, 15) is 14.8 Å². The monoisotopic (exact) mass is 439 g/mol. The van der Waals surface area contributed by atoms with E-state index in [0.29, 0.717) is 33.2 Å². The number of aliphatic carboxylic acids is 1. The molecule has 9 nitrogen and oxygen atoms in total. The third-order valence-electron chi connectivity index (χ3n) is 5.01. The van der Waals surface area contributed by atoms with Gasteiger partial charge in [-0.2, -0.15) is 10.5 Å². The van der Waals surface area contributed by atoms with Crippen LogP contribution in [0.3, 0.4) is 0 Å². The number of halogens is 1. The normalized spacial score (nSPS) is 18.4. The van der Waals surface area contributed by atoms with Crippen LogP contribution >= 0.6 is 11.6 Å². The number of carboxylic acids is 1. The van der Waals surface area contributed by atoms with Gasteiger partial charge in [0.2, 0.25) is 6.10 Å². The minimum Gasteiger partial charge on any atom is -0.478 e. The number of hydrogen-bond donors (Lipinski definition) is 2. The second kappa shape index (κ2) is 7.93. The minimum absolute atomic E-state index is 0.0944. The summed E-state index contributed by atoms with van der Waals surface area (Å²) in [4.78, 5) is 32.6. The molecule has 158 valence electrons. The molecule has 2 atom stereocenters. The van der Waals surface area contributed by atoms with Crippen molar-refractivity contribution in [2.24, 2.45) is 5.29 Å². The maximum atomic E-state index is 12.5.